The van der Waals surface area contributed by atoms with E-state index < -0.39 is 0 Å². The van der Waals surface area contributed by atoms with E-state index in [1.807, 2.05) is 0 Å². The third-order valence-corrected chi connectivity index (χ3v) is 3.96. The molecule has 0 radical (unpaired) electrons. The van der Waals surface area contributed by atoms with Crippen molar-refractivity contribution >= 4 is 0 Å². The van der Waals surface area contributed by atoms with Crippen LogP contribution < -0.4 is 10.1 Å². The second-order valence-corrected chi connectivity index (χ2v) is 5.77. The summed E-state index contributed by atoms with van der Waals surface area (Å²) in [6.07, 6.45) is 2.10. The Labute approximate surface area is 134 Å². The summed E-state index contributed by atoms with van der Waals surface area (Å²) in [5.41, 5.74) is 4.09. The quantitative estimate of drug-likeness (QED) is 0.764. The number of nitrogens with one attached hydrogen (secondary N) is 1. The zero-order valence-corrected chi connectivity index (χ0v) is 13.9. The van der Waals surface area contributed by atoms with Gasteiger partial charge in [0.2, 0.25) is 0 Å². The van der Waals surface area contributed by atoms with Gasteiger partial charge >= 0.3 is 0 Å². The van der Waals surface area contributed by atoms with Gasteiger partial charge in [0.1, 0.15) is 5.75 Å². The summed E-state index contributed by atoms with van der Waals surface area (Å²) in [5.74, 6) is 0.956. The number of ether oxygens (including phenoxy) is 1. The molecule has 22 heavy (non-hydrogen) atoms. The summed E-state index contributed by atoms with van der Waals surface area (Å²) in [7, 11) is 0. The minimum atomic E-state index is 0.351. The van der Waals surface area contributed by atoms with Crippen molar-refractivity contribution in [2.24, 2.45) is 0 Å². The average molecular weight is 297 g/mol. The molecule has 0 saturated carbocycles. The van der Waals surface area contributed by atoms with Crippen LogP contribution in [0.25, 0.3) is 0 Å². The maximum absolute atomic E-state index is 5.62. The Morgan fingerprint density at radius 2 is 1.77 bits per heavy atom. The fourth-order valence-electron chi connectivity index (χ4n) is 2.50. The van der Waals surface area contributed by atoms with Crippen molar-refractivity contribution in [1.82, 2.24) is 5.32 Å². The fourth-order valence-corrected chi connectivity index (χ4v) is 2.50. The van der Waals surface area contributed by atoms with E-state index in [9.17, 15) is 0 Å². The smallest absolute Gasteiger partial charge is 0.119 e. The molecule has 118 valence electrons. The molecule has 0 saturated heterocycles. The van der Waals surface area contributed by atoms with Gasteiger partial charge in [-0.05, 0) is 62.1 Å². The Morgan fingerprint density at radius 3 is 2.45 bits per heavy atom. The van der Waals surface area contributed by atoms with Crippen molar-refractivity contribution < 1.29 is 4.74 Å². The fraction of sp³-hybridized carbons (Fsp3) is 0.400. The molecule has 0 bridgehead atoms. The van der Waals surface area contributed by atoms with E-state index in [0.717, 1.165) is 31.7 Å². The Morgan fingerprint density at radius 1 is 1.05 bits per heavy atom. The van der Waals surface area contributed by atoms with Crippen molar-refractivity contribution in [3.63, 3.8) is 0 Å². The first-order valence-corrected chi connectivity index (χ1v) is 8.21. The van der Waals surface area contributed by atoms with Crippen LogP contribution in [0.5, 0.6) is 5.75 Å². The Kier molecular flexibility index (Phi) is 6.47. The molecule has 0 amide bonds. The van der Waals surface area contributed by atoms with E-state index in [-0.39, 0.29) is 0 Å². The van der Waals surface area contributed by atoms with Gasteiger partial charge in [0.25, 0.3) is 0 Å². The highest BCUT2D eigenvalue weighted by Crippen LogP contribution is 2.18. The summed E-state index contributed by atoms with van der Waals surface area (Å²) in [4.78, 5) is 0. The largest absolute Gasteiger partial charge is 0.494 e. The van der Waals surface area contributed by atoms with Gasteiger partial charge in [-0.25, -0.2) is 0 Å². The van der Waals surface area contributed by atoms with E-state index in [4.69, 9.17) is 4.74 Å². The Balaban J connectivity index is 1.82. The average Bonchev–Trinajstić information content (AvgIpc) is 2.55. The summed E-state index contributed by atoms with van der Waals surface area (Å²) in [6, 6.07) is 17.4. The lowest BCUT2D eigenvalue weighted by molar-refractivity contribution is 0.317. The minimum Gasteiger partial charge on any atom is -0.494 e. The zero-order valence-electron chi connectivity index (χ0n) is 13.9. The molecule has 0 aliphatic carbocycles. The standard InChI is InChI=1S/C20H27NO/c1-4-15-22-20-11-9-19(10-12-20)17(3)21-14-13-18-8-6-5-7-16(18)2/h5-12,17,21H,4,13-15H2,1-3H3. The maximum atomic E-state index is 5.62. The van der Waals surface area contributed by atoms with Crippen LogP contribution >= 0.6 is 0 Å². The molecule has 2 aromatic carbocycles. The monoisotopic (exact) mass is 297 g/mol. The van der Waals surface area contributed by atoms with Crippen LogP contribution in [0.2, 0.25) is 0 Å². The van der Waals surface area contributed by atoms with E-state index in [2.05, 4.69) is 74.6 Å². The van der Waals surface area contributed by atoms with Crippen molar-refractivity contribution in [2.45, 2.75) is 39.7 Å². The van der Waals surface area contributed by atoms with Crippen molar-refractivity contribution in [3.8, 4) is 5.75 Å². The third-order valence-electron chi connectivity index (χ3n) is 3.96. The van der Waals surface area contributed by atoms with E-state index in [0.29, 0.717) is 6.04 Å². The summed E-state index contributed by atoms with van der Waals surface area (Å²) in [6.45, 7) is 8.27. The van der Waals surface area contributed by atoms with Crippen LogP contribution in [-0.4, -0.2) is 13.2 Å². The lowest BCUT2D eigenvalue weighted by atomic mass is 10.0. The number of aryl methyl sites for hydroxylation is 1. The molecule has 0 fully saturated rings. The van der Waals surface area contributed by atoms with Crippen molar-refractivity contribution in [1.29, 1.82) is 0 Å². The normalized spacial score (nSPS) is 12.1. The third kappa shape index (κ3) is 4.88. The van der Waals surface area contributed by atoms with Gasteiger partial charge in [0.05, 0.1) is 6.61 Å². The molecule has 1 unspecified atom stereocenters. The van der Waals surface area contributed by atoms with Gasteiger partial charge in [-0.2, -0.15) is 0 Å². The first-order chi connectivity index (χ1) is 10.7. The summed E-state index contributed by atoms with van der Waals surface area (Å²) >= 11 is 0. The molecular weight excluding hydrogens is 270 g/mol. The molecular formula is C20H27NO. The van der Waals surface area contributed by atoms with Crippen LogP contribution in [0.1, 0.15) is 43.0 Å². The Bertz CT molecular complexity index is 562. The van der Waals surface area contributed by atoms with E-state index in [1.165, 1.54) is 16.7 Å². The number of hydrogen-bond donors (Lipinski definition) is 1. The molecule has 2 rings (SSSR count). The van der Waals surface area contributed by atoms with Crippen LogP contribution in [0.3, 0.4) is 0 Å². The van der Waals surface area contributed by atoms with Crippen LogP contribution in [-0.2, 0) is 6.42 Å². The predicted octanol–water partition coefficient (Wildman–Crippen LogP) is 4.68. The number of benzene rings is 2. The second-order valence-electron chi connectivity index (χ2n) is 5.77. The van der Waals surface area contributed by atoms with Crippen molar-refractivity contribution in [2.75, 3.05) is 13.2 Å². The van der Waals surface area contributed by atoms with Gasteiger partial charge in [-0.3, -0.25) is 0 Å². The topological polar surface area (TPSA) is 21.3 Å². The first-order valence-electron chi connectivity index (χ1n) is 8.21. The van der Waals surface area contributed by atoms with Crippen LogP contribution in [0.15, 0.2) is 48.5 Å². The molecule has 1 atom stereocenters. The predicted molar refractivity (Wildman–Crippen MR) is 93.5 cm³/mol. The van der Waals surface area contributed by atoms with Gasteiger partial charge < -0.3 is 10.1 Å². The van der Waals surface area contributed by atoms with Crippen LogP contribution in [0.4, 0.5) is 0 Å². The highest BCUT2D eigenvalue weighted by Gasteiger charge is 2.05. The highest BCUT2D eigenvalue weighted by atomic mass is 16.5. The molecule has 0 spiro atoms. The number of rotatable bonds is 8. The van der Waals surface area contributed by atoms with Crippen LogP contribution in [0, 0.1) is 6.92 Å². The summed E-state index contributed by atoms with van der Waals surface area (Å²) < 4.78 is 5.62. The second kappa shape index (κ2) is 8.60. The molecule has 0 aliphatic rings. The van der Waals surface area contributed by atoms with E-state index >= 15 is 0 Å². The maximum Gasteiger partial charge on any atom is 0.119 e. The van der Waals surface area contributed by atoms with Crippen molar-refractivity contribution in [3.05, 3.63) is 65.2 Å². The lowest BCUT2D eigenvalue weighted by Gasteiger charge is -2.15. The van der Waals surface area contributed by atoms with Gasteiger partial charge in [0.15, 0.2) is 0 Å². The number of hydrogen-bond acceptors (Lipinski definition) is 2. The first kappa shape index (κ1) is 16.6. The van der Waals surface area contributed by atoms with E-state index in [1.54, 1.807) is 0 Å². The zero-order chi connectivity index (χ0) is 15.8. The van der Waals surface area contributed by atoms with Gasteiger partial charge in [0, 0.05) is 6.04 Å². The molecule has 0 heterocycles. The SMILES string of the molecule is CCCOc1ccc(C(C)NCCc2ccccc2C)cc1. The minimum absolute atomic E-state index is 0.351. The molecule has 0 aromatic heterocycles. The molecule has 0 aliphatic heterocycles. The Hall–Kier alpha value is -1.80. The highest BCUT2D eigenvalue weighted by molar-refractivity contribution is 5.29. The van der Waals surface area contributed by atoms with Gasteiger partial charge in [-0.1, -0.05) is 43.3 Å². The van der Waals surface area contributed by atoms with Gasteiger partial charge in [-0.15, -0.1) is 0 Å². The molecule has 1 N–H and O–H groups in total. The molecule has 2 heteroatoms. The lowest BCUT2D eigenvalue weighted by Crippen LogP contribution is -2.21. The molecule has 2 nitrogen and oxygen atoms in total. The molecule has 2 aromatic rings. The summed E-state index contributed by atoms with van der Waals surface area (Å²) in [5, 5.41) is 3.60.